The highest BCUT2D eigenvalue weighted by Gasteiger charge is 2.25. The SMILES string of the molecule is CCC(CC)(CNC(=O)Nc1ccc(C(=O)O)cc1)SC. The summed E-state index contributed by atoms with van der Waals surface area (Å²) in [5.41, 5.74) is 0.763. The first-order valence-electron chi connectivity index (χ1n) is 6.89. The maximum absolute atomic E-state index is 11.9. The molecule has 0 atom stereocenters. The molecule has 0 aliphatic heterocycles. The lowest BCUT2D eigenvalue weighted by Crippen LogP contribution is -2.41. The molecule has 0 bridgehead atoms. The number of nitrogens with one attached hydrogen (secondary N) is 2. The van der Waals surface area contributed by atoms with E-state index in [0.29, 0.717) is 12.2 Å². The van der Waals surface area contributed by atoms with Gasteiger partial charge >= 0.3 is 12.0 Å². The molecule has 5 nitrogen and oxygen atoms in total. The Labute approximate surface area is 129 Å². The number of carbonyl (C=O) groups is 2. The van der Waals surface area contributed by atoms with Crippen LogP contribution in [-0.2, 0) is 0 Å². The molecule has 1 aromatic carbocycles. The van der Waals surface area contributed by atoms with Crippen molar-refractivity contribution >= 4 is 29.4 Å². The van der Waals surface area contributed by atoms with Gasteiger partial charge in [0.25, 0.3) is 0 Å². The fourth-order valence-electron chi connectivity index (χ4n) is 1.97. The molecule has 0 heterocycles. The minimum atomic E-state index is -0.985. The number of rotatable bonds is 7. The minimum absolute atomic E-state index is 0.0600. The highest BCUT2D eigenvalue weighted by molar-refractivity contribution is 8.00. The van der Waals surface area contributed by atoms with Crippen molar-refractivity contribution in [3.05, 3.63) is 29.8 Å². The summed E-state index contributed by atoms with van der Waals surface area (Å²) < 4.78 is 0.0600. The van der Waals surface area contributed by atoms with Crippen LogP contribution in [0.15, 0.2) is 24.3 Å². The number of hydrogen-bond donors (Lipinski definition) is 3. The maximum Gasteiger partial charge on any atom is 0.335 e. The van der Waals surface area contributed by atoms with Gasteiger partial charge in [-0.15, -0.1) is 0 Å². The van der Waals surface area contributed by atoms with Crippen LogP contribution in [0.5, 0.6) is 0 Å². The molecule has 0 aliphatic carbocycles. The quantitative estimate of drug-likeness (QED) is 0.721. The third kappa shape index (κ3) is 4.97. The lowest BCUT2D eigenvalue weighted by molar-refractivity contribution is 0.0697. The fraction of sp³-hybridized carbons (Fsp3) is 0.467. The van der Waals surface area contributed by atoms with Gasteiger partial charge < -0.3 is 15.7 Å². The first kappa shape index (κ1) is 17.4. The summed E-state index contributed by atoms with van der Waals surface area (Å²) in [5.74, 6) is -0.985. The van der Waals surface area contributed by atoms with Gasteiger partial charge in [-0.1, -0.05) is 13.8 Å². The number of anilines is 1. The van der Waals surface area contributed by atoms with Crippen molar-refractivity contribution in [3.8, 4) is 0 Å². The van der Waals surface area contributed by atoms with E-state index in [1.165, 1.54) is 12.1 Å². The Morgan fingerprint density at radius 2 is 1.76 bits per heavy atom. The summed E-state index contributed by atoms with van der Waals surface area (Å²) >= 11 is 1.76. The molecule has 6 heteroatoms. The highest BCUT2D eigenvalue weighted by Crippen LogP contribution is 2.29. The Bertz CT molecular complexity index is 476. The molecular formula is C15H22N2O3S. The minimum Gasteiger partial charge on any atom is -0.478 e. The molecule has 21 heavy (non-hydrogen) atoms. The summed E-state index contributed by atoms with van der Waals surface area (Å²) in [7, 11) is 0. The van der Waals surface area contributed by atoms with Gasteiger partial charge in [0.05, 0.1) is 5.56 Å². The molecular weight excluding hydrogens is 288 g/mol. The monoisotopic (exact) mass is 310 g/mol. The van der Waals surface area contributed by atoms with Gasteiger partial charge in [0, 0.05) is 17.0 Å². The van der Waals surface area contributed by atoms with Crippen LogP contribution in [0.1, 0.15) is 37.0 Å². The summed E-state index contributed by atoms with van der Waals surface area (Å²) in [4.78, 5) is 22.6. The average molecular weight is 310 g/mol. The molecule has 0 saturated heterocycles. The first-order valence-corrected chi connectivity index (χ1v) is 8.12. The number of carboxylic acids is 1. The number of aromatic carboxylic acids is 1. The second-order valence-electron chi connectivity index (χ2n) is 4.78. The van der Waals surface area contributed by atoms with E-state index in [2.05, 4.69) is 30.7 Å². The Kier molecular flexibility index (Phi) is 6.55. The molecule has 1 rings (SSSR count). The van der Waals surface area contributed by atoms with Gasteiger partial charge in [-0.3, -0.25) is 0 Å². The summed E-state index contributed by atoms with van der Waals surface area (Å²) in [5, 5.41) is 14.4. The molecule has 0 saturated carbocycles. The van der Waals surface area contributed by atoms with Crippen LogP contribution in [0.3, 0.4) is 0 Å². The van der Waals surface area contributed by atoms with Crippen LogP contribution in [0.2, 0.25) is 0 Å². The van der Waals surface area contributed by atoms with Gasteiger partial charge in [-0.05, 0) is 43.4 Å². The number of thioether (sulfide) groups is 1. The third-order valence-electron chi connectivity index (χ3n) is 3.68. The van der Waals surface area contributed by atoms with E-state index >= 15 is 0 Å². The van der Waals surface area contributed by atoms with Crippen LogP contribution < -0.4 is 10.6 Å². The summed E-state index contributed by atoms with van der Waals surface area (Å²) in [6.07, 6.45) is 4.02. The zero-order chi connectivity index (χ0) is 15.9. The van der Waals surface area contributed by atoms with Crippen molar-refractivity contribution < 1.29 is 14.7 Å². The van der Waals surface area contributed by atoms with Crippen molar-refractivity contribution in [2.24, 2.45) is 0 Å². The highest BCUT2D eigenvalue weighted by atomic mass is 32.2. The Morgan fingerprint density at radius 3 is 2.19 bits per heavy atom. The predicted octanol–water partition coefficient (Wildman–Crippen LogP) is 3.43. The van der Waals surface area contributed by atoms with E-state index in [9.17, 15) is 9.59 Å². The first-order chi connectivity index (χ1) is 9.96. The zero-order valence-electron chi connectivity index (χ0n) is 12.6. The van der Waals surface area contributed by atoms with Gasteiger partial charge in [-0.25, -0.2) is 9.59 Å². The molecule has 0 radical (unpaired) electrons. The number of amides is 2. The lowest BCUT2D eigenvalue weighted by Gasteiger charge is -2.29. The number of carboxylic acid groups (broad SMARTS) is 1. The molecule has 0 unspecified atom stereocenters. The standard InChI is InChI=1S/C15H22N2O3S/c1-4-15(5-2,21-3)10-16-14(20)17-12-8-6-11(7-9-12)13(18)19/h6-9H,4-5,10H2,1-3H3,(H,18,19)(H2,16,17,20). The van der Waals surface area contributed by atoms with Crippen molar-refractivity contribution in [2.75, 3.05) is 18.1 Å². The van der Waals surface area contributed by atoms with Crippen LogP contribution >= 0.6 is 11.8 Å². The maximum atomic E-state index is 11.9. The summed E-state index contributed by atoms with van der Waals surface area (Å²) in [6, 6.07) is 5.79. The van der Waals surface area contributed by atoms with Crippen molar-refractivity contribution in [1.82, 2.24) is 5.32 Å². The van der Waals surface area contributed by atoms with E-state index in [1.807, 2.05) is 0 Å². The Balaban J connectivity index is 2.55. The van der Waals surface area contributed by atoms with Crippen LogP contribution in [-0.4, -0.2) is 34.7 Å². The normalized spacial score (nSPS) is 11.0. The molecule has 0 spiro atoms. The van der Waals surface area contributed by atoms with E-state index in [4.69, 9.17) is 5.11 Å². The predicted molar refractivity (Wildman–Crippen MR) is 87.3 cm³/mol. The largest absolute Gasteiger partial charge is 0.478 e. The Hall–Kier alpha value is -1.69. The van der Waals surface area contributed by atoms with Crippen molar-refractivity contribution in [3.63, 3.8) is 0 Å². The fourth-order valence-corrected chi connectivity index (χ4v) is 2.77. The van der Waals surface area contributed by atoms with E-state index in [-0.39, 0.29) is 16.3 Å². The number of hydrogen-bond acceptors (Lipinski definition) is 3. The van der Waals surface area contributed by atoms with E-state index < -0.39 is 5.97 Å². The van der Waals surface area contributed by atoms with Crippen LogP contribution in [0.4, 0.5) is 10.5 Å². The van der Waals surface area contributed by atoms with Gasteiger partial charge in [0.2, 0.25) is 0 Å². The molecule has 0 aromatic heterocycles. The number of carbonyl (C=O) groups excluding carboxylic acids is 1. The average Bonchev–Trinajstić information content (AvgIpc) is 2.50. The number of urea groups is 1. The van der Waals surface area contributed by atoms with Gasteiger partial charge in [0.15, 0.2) is 0 Å². The van der Waals surface area contributed by atoms with E-state index in [0.717, 1.165) is 12.8 Å². The third-order valence-corrected chi connectivity index (χ3v) is 5.27. The van der Waals surface area contributed by atoms with Crippen molar-refractivity contribution in [2.45, 2.75) is 31.4 Å². The van der Waals surface area contributed by atoms with Gasteiger partial charge in [-0.2, -0.15) is 11.8 Å². The molecule has 2 amide bonds. The Morgan fingerprint density at radius 1 is 1.19 bits per heavy atom. The number of benzene rings is 1. The topological polar surface area (TPSA) is 78.4 Å². The molecule has 3 N–H and O–H groups in total. The van der Waals surface area contributed by atoms with E-state index in [1.54, 1.807) is 23.9 Å². The lowest BCUT2D eigenvalue weighted by atomic mass is 10.0. The molecule has 0 fully saturated rings. The second-order valence-corrected chi connectivity index (χ2v) is 6.06. The smallest absolute Gasteiger partial charge is 0.335 e. The van der Waals surface area contributed by atoms with Crippen molar-refractivity contribution in [1.29, 1.82) is 0 Å². The zero-order valence-corrected chi connectivity index (χ0v) is 13.4. The molecule has 116 valence electrons. The van der Waals surface area contributed by atoms with Gasteiger partial charge in [0.1, 0.15) is 0 Å². The molecule has 1 aromatic rings. The second kappa shape index (κ2) is 7.93. The van der Waals surface area contributed by atoms with Crippen LogP contribution in [0, 0.1) is 0 Å². The summed E-state index contributed by atoms with van der Waals surface area (Å²) in [6.45, 7) is 4.83. The molecule has 0 aliphatic rings. The van der Waals surface area contributed by atoms with Crippen LogP contribution in [0.25, 0.3) is 0 Å².